The van der Waals surface area contributed by atoms with E-state index < -0.39 is 6.10 Å². The summed E-state index contributed by atoms with van der Waals surface area (Å²) in [5.74, 6) is 1.68. The average Bonchev–Trinajstić information content (AvgIpc) is 3.58. The van der Waals surface area contributed by atoms with Crippen molar-refractivity contribution in [3.05, 3.63) is 54.1 Å². The number of likely N-dealkylation sites (N-methyl/N-ethyl adjacent to an activating group) is 1. The van der Waals surface area contributed by atoms with Crippen molar-refractivity contribution in [1.82, 2.24) is 24.8 Å². The number of rotatable bonds is 8. The Bertz CT molecular complexity index is 1300. The van der Waals surface area contributed by atoms with Crippen LogP contribution in [0, 0.1) is 0 Å². The molecular formula is C27H32N6O5. The summed E-state index contributed by atoms with van der Waals surface area (Å²) in [7, 11) is 2.04. The highest BCUT2D eigenvalue weighted by atomic mass is 16.5. The summed E-state index contributed by atoms with van der Waals surface area (Å²) >= 11 is 0. The van der Waals surface area contributed by atoms with Crippen molar-refractivity contribution in [1.29, 1.82) is 0 Å². The van der Waals surface area contributed by atoms with Crippen LogP contribution in [0.4, 0.5) is 0 Å². The topological polar surface area (TPSA) is 125 Å². The van der Waals surface area contributed by atoms with Gasteiger partial charge in [0.1, 0.15) is 35.1 Å². The Hall–Kier alpha value is -3.96. The van der Waals surface area contributed by atoms with E-state index in [1.54, 1.807) is 17.9 Å². The number of nitrogens with one attached hydrogen (secondary N) is 1. The molecule has 4 heterocycles. The number of amides is 1. The van der Waals surface area contributed by atoms with Crippen molar-refractivity contribution < 1.29 is 24.1 Å². The number of H-pyrrole nitrogens is 1. The predicted octanol–water partition coefficient (Wildman–Crippen LogP) is 2.58. The van der Waals surface area contributed by atoms with E-state index in [4.69, 9.17) is 14.2 Å². The first kappa shape index (κ1) is 25.7. The Labute approximate surface area is 221 Å². The fourth-order valence-corrected chi connectivity index (χ4v) is 4.21. The van der Waals surface area contributed by atoms with Crippen LogP contribution < -0.4 is 9.47 Å². The number of aliphatic hydroxyl groups is 1. The molecule has 11 nitrogen and oxygen atoms in total. The van der Waals surface area contributed by atoms with E-state index >= 15 is 0 Å². The third-order valence-corrected chi connectivity index (χ3v) is 6.37. The SMILES string of the molecule is C[C@H]1CN=C(c2ccc(-c3cc(Oc4cnc(C(=O)N5CCN(C)CC5)cn4)cc(O[C@@H](C)CO)c3)[nH]2)O1. The smallest absolute Gasteiger partial charge is 0.274 e. The minimum atomic E-state index is -0.403. The molecule has 0 saturated carbocycles. The largest absolute Gasteiger partial charge is 0.488 e. The number of aliphatic imine (C=N–C) groups is 1. The molecule has 3 aromatic rings. The zero-order valence-electron chi connectivity index (χ0n) is 21.8. The minimum absolute atomic E-state index is 0.0535. The lowest BCUT2D eigenvalue weighted by molar-refractivity contribution is 0.0657. The van der Waals surface area contributed by atoms with Crippen LogP contribution in [0.1, 0.15) is 30.0 Å². The average molecular weight is 521 g/mol. The van der Waals surface area contributed by atoms with E-state index in [-0.39, 0.29) is 30.2 Å². The molecular weight excluding hydrogens is 488 g/mol. The molecule has 2 atom stereocenters. The lowest BCUT2D eigenvalue weighted by atomic mass is 10.1. The zero-order chi connectivity index (χ0) is 26.6. The van der Waals surface area contributed by atoms with Crippen molar-refractivity contribution in [3.63, 3.8) is 0 Å². The molecule has 1 aromatic carbocycles. The summed E-state index contributed by atoms with van der Waals surface area (Å²) in [6.07, 6.45) is 2.53. The van der Waals surface area contributed by atoms with Gasteiger partial charge in [-0.25, -0.2) is 15.0 Å². The van der Waals surface area contributed by atoms with Gasteiger partial charge in [-0.15, -0.1) is 0 Å². The van der Waals surface area contributed by atoms with Crippen LogP contribution in [0.5, 0.6) is 17.4 Å². The molecule has 0 unspecified atom stereocenters. The molecule has 200 valence electrons. The van der Waals surface area contributed by atoms with Gasteiger partial charge in [-0.05, 0) is 45.2 Å². The first-order chi connectivity index (χ1) is 18.4. The lowest BCUT2D eigenvalue weighted by Crippen LogP contribution is -2.47. The second kappa shape index (κ2) is 11.2. The van der Waals surface area contributed by atoms with Crippen molar-refractivity contribution >= 4 is 11.8 Å². The van der Waals surface area contributed by atoms with Crippen LogP contribution in [-0.4, -0.2) is 100 Å². The molecule has 2 N–H and O–H groups in total. The quantitative estimate of drug-likeness (QED) is 0.464. The number of aliphatic hydroxyl groups excluding tert-OH is 1. The molecule has 1 amide bonds. The van der Waals surface area contributed by atoms with Crippen molar-refractivity contribution in [2.75, 3.05) is 46.4 Å². The van der Waals surface area contributed by atoms with Crippen molar-refractivity contribution in [3.8, 4) is 28.6 Å². The number of aromatic amines is 1. The molecule has 11 heteroatoms. The second-order valence-electron chi connectivity index (χ2n) is 9.60. The van der Waals surface area contributed by atoms with E-state index in [1.807, 2.05) is 38.2 Å². The Balaban J connectivity index is 1.35. The number of piperazine rings is 1. The standard InChI is InChI=1S/C27H32N6O5/c1-17-13-30-26(37-17)23-5-4-22(31-23)19-10-20(36-18(2)16-34)12-21(11-19)38-25-15-28-24(14-29-25)27(35)33-8-6-32(3)7-9-33/h4-5,10-12,14-15,17-18,31,34H,6-9,13,16H2,1-3H3/t17-,18-/m0/s1. The first-order valence-electron chi connectivity index (χ1n) is 12.7. The van der Waals surface area contributed by atoms with Gasteiger partial charge in [0.15, 0.2) is 0 Å². The van der Waals surface area contributed by atoms with E-state index in [0.717, 1.165) is 30.0 Å². The summed E-state index contributed by atoms with van der Waals surface area (Å²) in [6.45, 7) is 7.24. The van der Waals surface area contributed by atoms with Gasteiger partial charge in [0.05, 0.1) is 25.5 Å². The molecule has 0 spiro atoms. The molecule has 1 saturated heterocycles. The third kappa shape index (κ3) is 5.95. The fourth-order valence-electron chi connectivity index (χ4n) is 4.21. The Morgan fingerprint density at radius 1 is 1.13 bits per heavy atom. The highest BCUT2D eigenvalue weighted by molar-refractivity contribution is 5.94. The summed E-state index contributed by atoms with van der Waals surface area (Å²) in [4.78, 5) is 33.1. The molecule has 2 aliphatic rings. The summed E-state index contributed by atoms with van der Waals surface area (Å²) in [5, 5.41) is 9.47. The number of hydrogen-bond donors (Lipinski definition) is 2. The number of carbonyl (C=O) groups is 1. The minimum Gasteiger partial charge on any atom is -0.488 e. The molecule has 2 aromatic heterocycles. The maximum atomic E-state index is 12.8. The van der Waals surface area contributed by atoms with Gasteiger partial charge in [0.25, 0.3) is 5.91 Å². The molecule has 0 bridgehead atoms. The summed E-state index contributed by atoms with van der Waals surface area (Å²) in [5.41, 5.74) is 2.68. The Morgan fingerprint density at radius 3 is 2.58 bits per heavy atom. The second-order valence-corrected chi connectivity index (χ2v) is 9.60. The van der Waals surface area contributed by atoms with E-state index in [2.05, 4.69) is 24.8 Å². The van der Waals surface area contributed by atoms with Crippen LogP contribution in [0.3, 0.4) is 0 Å². The normalized spacial score (nSPS) is 18.6. The molecule has 38 heavy (non-hydrogen) atoms. The zero-order valence-corrected chi connectivity index (χ0v) is 21.8. The van der Waals surface area contributed by atoms with Gasteiger partial charge >= 0.3 is 0 Å². The predicted molar refractivity (Wildman–Crippen MR) is 141 cm³/mol. The number of nitrogens with zero attached hydrogens (tertiary/aromatic N) is 5. The monoisotopic (exact) mass is 520 g/mol. The first-order valence-corrected chi connectivity index (χ1v) is 12.7. The van der Waals surface area contributed by atoms with Gasteiger partial charge < -0.3 is 34.1 Å². The molecule has 0 radical (unpaired) electrons. The van der Waals surface area contributed by atoms with E-state index in [1.165, 1.54) is 12.4 Å². The summed E-state index contributed by atoms with van der Waals surface area (Å²) in [6, 6.07) is 9.27. The summed E-state index contributed by atoms with van der Waals surface area (Å²) < 4.78 is 17.6. The number of hydrogen-bond acceptors (Lipinski definition) is 9. The van der Waals surface area contributed by atoms with Crippen molar-refractivity contribution in [2.24, 2.45) is 4.99 Å². The lowest BCUT2D eigenvalue weighted by Gasteiger charge is -2.32. The van der Waals surface area contributed by atoms with Gasteiger partial charge in [0.2, 0.25) is 11.8 Å². The molecule has 0 aliphatic carbocycles. The Morgan fingerprint density at radius 2 is 1.89 bits per heavy atom. The van der Waals surface area contributed by atoms with Gasteiger partial charge in [-0.2, -0.15) is 0 Å². The van der Waals surface area contributed by atoms with Gasteiger partial charge in [-0.3, -0.25) is 4.79 Å². The van der Waals surface area contributed by atoms with Gasteiger partial charge in [-0.1, -0.05) is 0 Å². The highest BCUT2D eigenvalue weighted by Crippen LogP contribution is 2.32. The molecule has 2 aliphatic heterocycles. The number of ether oxygens (including phenoxy) is 3. The van der Waals surface area contributed by atoms with Crippen LogP contribution in [0.2, 0.25) is 0 Å². The fraction of sp³-hybridized carbons (Fsp3) is 0.407. The van der Waals surface area contributed by atoms with Crippen LogP contribution in [0.15, 0.2) is 47.7 Å². The number of carbonyl (C=O) groups excluding carboxylic acids is 1. The van der Waals surface area contributed by atoms with E-state index in [9.17, 15) is 9.90 Å². The molecule has 5 rings (SSSR count). The van der Waals surface area contributed by atoms with E-state index in [0.29, 0.717) is 37.0 Å². The maximum Gasteiger partial charge on any atom is 0.274 e. The Kier molecular flexibility index (Phi) is 7.57. The maximum absolute atomic E-state index is 12.8. The van der Waals surface area contributed by atoms with Crippen LogP contribution in [0.25, 0.3) is 11.3 Å². The highest BCUT2D eigenvalue weighted by Gasteiger charge is 2.22. The van der Waals surface area contributed by atoms with Crippen LogP contribution in [-0.2, 0) is 4.74 Å². The van der Waals surface area contributed by atoms with Gasteiger partial charge in [0, 0.05) is 43.5 Å². The van der Waals surface area contributed by atoms with Crippen molar-refractivity contribution in [2.45, 2.75) is 26.1 Å². The number of aromatic nitrogens is 3. The third-order valence-electron chi connectivity index (χ3n) is 6.37. The molecule has 1 fully saturated rings. The van der Waals surface area contributed by atoms with Crippen LogP contribution >= 0.6 is 0 Å². The number of benzene rings is 1.